The van der Waals surface area contributed by atoms with Gasteiger partial charge in [-0.3, -0.25) is 4.79 Å². The Balaban J connectivity index is 2.31. The van der Waals surface area contributed by atoms with Crippen LogP contribution in [0.25, 0.3) is 5.69 Å². The fraction of sp³-hybridized carbons (Fsp3) is 0.333. The highest BCUT2D eigenvalue weighted by atomic mass is 16.2. The van der Waals surface area contributed by atoms with Gasteiger partial charge in [-0.1, -0.05) is 12.1 Å². The second-order valence-corrected chi connectivity index (χ2v) is 4.95. The molecule has 106 valence electrons. The summed E-state index contributed by atoms with van der Waals surface area (Å²) in [5, 5.41) is 7.54. The van der Waals surface area contributed by atoms with Crippen LogP contribution in [0, 0.1) is 0 Å². The molecular weight excluding hydrogens is 252 g/mol. The van der Waals surface area contributed by atoms with Gasteiger partial charge in [0.15, 0.2) is 5.69 Å². The van der Waals surface area contributed by atoms with Crippen molar-refractivity contribution in [3.8, 4) is 5.69 Å². The minimum Gasteiger partial charge on any atom is -0.343 e. The van der Waals surface area contributed by atoms with Crippen LogP contribution in [0.1, 0.15) is 29.0 Å². The van der Waals surface area contributed by atoms with Gasteiger partial charge in [0.2, 0.25) is 0 Å². The number of rotatable bonds is 4. The van der Waals surface area contributed by atoms with Crippen LogP contribution in [0.15, 0.2) is 36.5 Å². The van der Waals surface area contributed by atoms with Gasteiger partial charge in [-0.15, -0.1) is 0 Å². The molecule has 0 fully saturated rings. The van der Waals surface area contributed by atoms with E-state index in [-0.39, 0.29) is 11.9 Å². The lowest BCUT2D eigenvalue weighted by atomic mass is 10.1. The van der Waals surface area contributed by atoms with E-state index >= 15 is 0 Å². The third kappa shape index (κ3) is 2.88. The van der Waals surface area contributed by atoms with Crippen molar-refractivity contribution in [2.24, 2.45) is 0 Å². The van der Waals surface area contributed by atoms with Crippen molar-refractivity contribution >= 4 is 5.91 Å². The number of nitrogens with zero attached hydrogens (tertiary/aromatic N) is 3. The van der Waals surface area contributed by atoms with E-state index in [9.17, 15) is 4.79 Å². The number of nitrogens with one attached hydrogen (secondary N) is 1. The Morgan fingerprint density at radius 1 is 1.35 bits per heavy atom. The quantitative estimate of drug-likeness (QED) is 0.924. The Morgan fingerprint density at radius 2 is 2.10 bits per heavy atom. The highest BCUT2D eigenvalue weighted by molar-refractivity contribution is 5.91. The third-order valence-electron chi connectivity index (χ3n) is 3.28. The topological polar surface area (TPSA) is 50.2 Å². The Hall–Kier alpha value is -2.14. The number of amides is 1. The molecule has 0 radical (unpaired) electrons. The van der Waals surface area contributed by atoms with Gasteiger partial charge in [-0.25, -0.2) is 4.68 Å². The number of aromatic nitrogens is 2. The molecule has 0 aliphatic heterocycles. The highest BCUT2D eigenvalue weighted by Crippen LogP contribution is 2.16. The van der Waals surface area contributed by atoms with Crippen molar-refractivity contribution < 1.29 is 4.79 Å². The van der Waals surface area contributed by atoms with Crippen LogP contribution in [0.4, 0.5) is 0 Å². The first-order chi connectivity index (χ1) is 9.52. The standard InChI is InChI=1S/C15H20N4O/c1-11(16-2)12-6-5-7-13(10-12)19-9-8-14(17-19)15(20)18(3)4/h5-11,16H,1-4H3. The number of hydrogen-bond donors (Lipinski definition) is 1. The van der Waals surface area contributed by atoms with E-state index in [2.05, 4.69) is 29.5 Å². The number of hydrogen-bond acceptors (Lipinski definition) is 3. The minimum absolute atomic E-state index is 0.0940. The van der Waals surface area contributed by atoms with Gasteiger partial charge in [0.05, 0.1) is 5.69 Å². The molecule has 1 amide bonds. The summed E-state index contributed by atoms with van der Waals surface area (Å²) in [6, 6.07) is 10.1. The predicted octanol–water partition coefficient (Wildman–Crippen LogP) is 1.85. The SMILES string of the molecule is CNC(C)c1cccc(-n2ccc(C(=O)N(C)C)n2)c1. The second-order valence-electron chi connectivity index (χ2n) is 4.95. The summed E-state index contributed by atoms with van der Waals surface area (Å²) in [6.07, 6.45) is 1.81. The average molecular weight is 272 g/mol. The molecule has 0 saturated carbocycles. The molecule has 0 saturated heterocycles. The van der Waals surface area contributed by atoms with E-state index in [0.29, 0.717) is 5.69 Å². The normalized spacial score (nSPS) is 12.2. The number of carbonyl (C=O) groups excluding carboxylic acids is 1. The first kappa shape index (κ1) is 14.3. The van der Waals surface area contributed by atoms with Gasteiger partial charge in [0.25, 0.3) is 5.91 Å². The summed E-state index contributed by atoms with van der Waals surface area (Å²) in [5.41, 5.74) is 2.57. The second kappa shape index (κ2) is 5.88. The van der Waals surface area contributed by atoms with E-state index in [1.54, 1.807) is 31.0 Å². The molecule has 0 aliphatic carbocycles. The molecule has 1 N–H and O–H groups in total. The Morgan fingerprint density at radius 3 is 2.75 bits per heavy atom. The lowest BCUT2D eigenvalue weighted by Crippen LogP contribution is -2.22. The maximum absolute atomic E-state index is 11.9. The van der Waals surface area contributed by atoms with E-state index in [1.807, 2.05) is 19.2 Å². The van der Waals surface area contributed by atoms with Gasteiger partial charge in [-0.05, 0) is 37.7 Å². The number of carbonyl (C=O) groups is 1. The van der Waals surface area contributed by atoms with Gasteiger partial charge in [-0.2, -0.15) is 5.10 Å². The summed E-state index contributed by atoms with van der Waals surface area (Å²) in [7, 11) is 5.37. The van der Waals surface area contributed by atoms with Crippen LogP contribution in [-0.2, 0) is 0 Å². The lowest BCUT2D eigenvalue weighted by molar-refractivity contribution is 0.0821. The third-order valence-corrected chi connectivity index (χ3v) is 3.28. The molecule has 2 aromatic rings. The molecule has 5 heteroatoms. The van der Waals surface area contributed by atoms with Gasteiger partial charge in [0, 0.05) is 26.3 Å². The molecule has 1 atom stereocenters. The van der Waals surface area contributed by atoms with Crippen molar-refractivity contribution in [2.75, 3.05) is 21.1 Å². The summed E-state index contributed by atoms with van der Waals surface area (Å²) in [4.78, 5) is 13.4. The van der Waals surface area contributed by atoms with Crippen LogP contribution in [-0.4, -0.2) is 41.7 Å². The smallest absolute Gasteiger partial charge is 0.273 e. The average Bonchev–Trinajstić information content (AvgIpc) is 2.95. The van der Waals surface area contributed by atoms with Crippen molar-refractivity contribution in [3.63, 3.8) is 0 Å². The zero-order valence-electron chi connectivity index (χ0n) is 12.3. The Bertz CT molecular complexity index is 603. The van der Waals surface area contributed by atoms with Crippen LogP contribution in [0.3, 0.4) is 0 Å². The summed E-state index contributed by atoms with van der Waals surface area (Å²) < 4.78 is 1.72. The summed E-state index contributed by atoms with van der Waals surface area (Å²) in [5.74, 6) is -0.0940. The largest absolute Gasteiger partial charge is 0.343 e. The molecule has 1 unspecified atom stereocenters. The predicted molar refractivity (Wildman–Crippen MR) is 79.1 cm³/mol. The molecule has 1 aromatic heterocycles. The Kier molecular flexibility index (Phi) is 4.20. The first-order valence-electron chi connectivity index (χ1n) is 6.58. The van der Waals surface area contributed by atoms with Crippen LogP contribution < -0.4 is 5.32 Å². The molecule has 0 aliphatic rings. The zero-order valence-corrected chi connectivity index (χ0v) is 12.3. The van der Waals surface area contributed by atoms with Crippen molar-refractivity contribution in [1.29, 1.82) is 0 Å². The first-order valence-corrected chi connectivity index (χ1v) is 6.58. The van der Waals surface area contributed by atoms with Crippen LogP contribution in [0.5, 0.6) is 0 Å². The maximum Gasteiger partial charge on any atom is 0.273 e. The molecular formula is C15H20N4O. The van der Waals surface area contributed by atoms with Crippen LogP contribution in [0.2, 0.25) is 0 Å². The molecule has 2 rings (SSSR count). The van der Waals surface area contributed by atoms with Crippen molar-refractivity contribution in [3.05, 3.63) is 47.8 Å². The maximum atomic E-state index is 11.9. The van der Waals surface area contributed by atoms with E-state index < -0.39 is 0 Å². The molecule has 20 heavy (non-hydrogen) atoms. The van der Waals surface area contributed by atoms with Crippen molar-refractivity contribution in [1.82, 2.24) is 20.0 Å². The fourth-order valence-corrected chi connectivity index (χ4v) is 1.91. The minimum atomic E-state index is -0.0940. The fourth-order valence-electron chi connectivity index (χ4n) is 1.91. The molecule has 5 nitrogen and oxygen atoms in total. The van der Waals surface area contributed by atoms with E-state index in [1.165, 1.54) is 10.5 Å². The Labute approximate surface area is 119 Å². The van der Waals surface area contributed by atoms with E-state index in [0.717, 1.165) is 5.69 Å². The summed E-state index contributed by atoms with van der Waals surface area (Å²) >= 11 is 0. The molecule has 0 bridgehead atoms. The van der Waals surface area contributed by atoms with Crippen molar-refractivity contribution in [2.45, 2.75) is 13.0 Å². The lowest BCUT2D eigenvalue weighted by Gasteiger charge is -2.12. The van der Waals surface area contributed by atoms with E-state index in [4.69, 9.17) is 0 Å². The van der Waals surface area contributed by atoms with Gasteiger partial charge >= 0.3 is 0 Å². The molecule has 0 spiro atoms. The molecule has 1 aromatic carbocycles. The van der Waals surface area contributed by atoms with Gasteiger partial charge < -0.3 is 10.2 Å². The molecule has 1 heterocycles. The van der Waals surface area contributed by atoms with Crippen LogP contribution >= 0.6 is 0 Å². The highest BCUT2D eigenvalue weighted by Gasteiger charge is 2.12. The van der Waals surface area contributed by atoms with Gasteiger partial charge in [0.1, 0.15) is 0 Å². The zero-order chi connectivity index (χ0) is 14.7. The monoisotopic (exact) mass is 272 g/mol. The number of benzene rings is 1. The summed E-state index contributed by atoms with van der Waals surface area (Å²) in [6.45, 7) is 2.10.